The monoisotopic (exact) mass is 344 g/mol. The largest absolute Gasteiger partial charge is 0.354 e. The normalized spacial score (nSPS) is 15.8. The number of nitrogens with zero attached hydrogens (tertiary/aromatic N) is 1. The molecule has 0 fully saturated rings. The molecule has 0 unspecified atom stereocenters. The number of carbonyl (C=O) groups excluding carboxylic acids is 1. The minimum atomic E-state index is -0.0462. The summed E-state index contributed by atoms with van der Waals surface area (Å²) in [5.74, 6) is 0.184. The Balaban J connectivity index is 1.99. The summed E-state index contributed by atoms with van der Waals surface area (Å²) in [5, 5.41) is 4.61. The van der Waals surface area contributed by atoms with Gasteiger partial charge in [-0.25, -0.2) is 0 Å². The predicted molar refractivity (Wildman–Crippen MR) is 107 cm³/mol. The lowest BCUT2D eigenvalue weighted by Gasteiger charge is -2.31. The molecule has 0 spiro atoms. The summed E-state index contributed by atoms with van der Waals surface area (Å²) in [6.07, 6.45) is 1.38. The molecule has 1 heterocycles. The van der Waals surface area contributed by atoms with E-state index in [1.165, 1.54) is 11.1 Å². The van der Waals surface area contributed by atoms with Gasteiger partial charge in [-0.05, 0) is 42.9 Å². The number of carbonyl (C=O) groups is 1. The number of benzene rings is 2. The van der Waals surface area contributed by atoms with Crippen molar-refractivity contribution in [2.45, 2.75) is 40.5 Å². The second-order valence-electron chi connectivity index (χ2n) is 8.16. The van der Waals surface area contributed by atoms with Crippen molar-refractivity contribution in [3.8, 4) is 0 Å². The van der Waals surface area contributed by atoms with Gasteiger partial charge in [-0.15, -0.1) is 0 Å². The van der Waals surface area contributed by atoms with Crippen LogP contribution in [0.3, 0.4) is 0 Å². The third-order valence-corrected chi connectivity index (χ3v) is 5.26. The van der Waals surface area contributed by atoms with E-state index in [9.17, 15) is 4.79 Å². The molecule has 4 rings (SSSR count). The third kappa shape index (κ3) is 2.78. The van der Waals surface area contributed by atoms with Crippen LogP contribution in [-0.4, -0.2) is 10.8 Å². The van der Waals surface area contributed by atoms with E-state index in [1.807, 2.05) is 24.3 Å². The Morgan fingerprint density at radius 1 is 0.923 bits per heavy atom. The van der Waals surface area contributed by atoms with Crippen LogP contribution in [0.25, 0.3) is 10.9 Å². The molecule has 0 saturated carbocycles. The number of hydrogen-bond acceptors (Lipinski definition) is 3. The SMILES string of the molecule is Cc1cccc(C)c1Nc1c2c(nc3ccccc13)CC(C)(C)CC2=O. The molecule has 1 aliphatic rings. The molecule has 132 valence electrons. The van der Waals surface area contributed by atoms with Crippen molar-refractivity contribution >= 4 is 28.1 Å². The highest BCUT2D eigenvalue weighted by molar-refractivity contribution is 6.11. The first-order chi connectivity index (χ1) is 12.4. The van der Waals surface area contributed by atoms with E-state index >= 15 is 0 Å². The lowest BCUT2D eigenvalue weighted by atomic mass is 9.75. The summed E-state index contributed by atoms with van der Waals surface area (Å²) in [7, 11) is 0. The van der Waals surface area contributed by atoms with Crippen LogP contribution in [0, 0.1) is 19.3 Å². The molecule has 1 aliphatic carbocycles. The van der Waals surface area contributed by atoms with E-state index in [0.717, 1.165) is 40.0 Å². The van der Waals surface area contributed by atoms with Crippen molar-refractivity contribution in [3.63, 3.8) is 0 Å². The average Bonchev–Trinajstić information content (AvgIpc) is 2.56. The zero-order valence-electron chi connectivity index (χ0n) is 15.8. The standard InChI is InChI=1S/C23H24N2O/c1-14-8-7-9-15(2)21(14)25-22-16-10-5-6-11-17(16)24-18-12-23(3,4)13-19(26)20(18)22/h5-11H,12-13H2,1-4H3,(H,24,25). The molecule has 0 amide bonds. The van der Waals surface area contributed by atoms with Gasteiger partial charge >= 0.3 is 0 Å². The summed E-state index contributed by atoms with van der Waals surface area (Å²) in [4.78, 5) is 17.9. The van der Waals surface area contributed by atoms with Crippen LogP contribution < -0.4 is 5.32 Å². The first kappa shape index (κ1) is 16.8. The van der Waals surface area contributed by atoms with Crippen molar-refractivity contribution in [1.29, 1.82) is 0 Å². The lowest BCUT2D eigenvalue weighted by Crippen LogP contribution is -2.28. The number of pyridine rings is 1. The number of aryl methyl sites for hydroxylation is 2. The minimum Gasteiger partial charge on any atom is -0.354 e. The first-order valence-corrected chi connectivity index (χ1v) is 9.14. The van der Waals surface area contributed by atoms with Gasteiger partial charge in [0.05, 0.1) is 22.5 Å². The molecule has 3 nitrogen and oxygen atoms in total. The van der Waals surface area contributed by atoms with E-state index in [2.05, 4.69) is 51.2 Å². The summed E-state index contributed by atoms with van der Waals surface area (Å²) < 4.78 is 0. The number of fused-ring (bicyclic) bond motifs is 2. The fourth-order valence-electron chi connectivity index (χ4n) is 4.00. The number of hydrogen-bond donors (Lipinski definition) is 1. The number of para-hydroxylation sites is 2. The van der Waals surface area contributed by atoms with Crippen LogP contribution in [0.2, 0.25) is 0 Å². The van der Waals surface area contributed by atoms with E-state index in [4.69, 9.17) is 4.98 Å². The highest BCUT2D eigenvalue weighted by Gasteiger charge is 2.34. The number of aromatic nitrogens is 1. The minimum absolute atomic E-state index is 0.0462. The van der Waals surface area contributed by atoms with Crippen molar-refractivity contribution < 1.29 is 4.79 Å². The highest BCUT2D eigenvalue weighted by atomic mass is 16.1. The molecule has 26 heavy (non-hydrogen) atoms. The molecule has 0 atom stereocenters. The fourth-order valence-corrected chi connectivity index (χ4v) is 4.00. The molecule has 0 saturated heterocycles. The highest BCUT2D eigenvalue weighted by Crippen LogP contribution is 2.41. The molecule has 0 bridgehead atoms. The Hall–Kier alpha value is -2.68. The molecule has 2 aromatic carbocycles. The van der Waals surface area contributed by atoms with Crippen LogP contribution in [0.5, 0.6) is 0 Å². The molecule has 0 radical (unpaired) electrons. The molecule has 1 aromatic heterocycles. The zero-order chi connectivity index (χ0) is 18.5. The van der Waals surface area contributed by atoms with Crippen LogP contribution in [0.1, 0.15) is 47.4 Å². The number of Topliss-reactive ketones (excluding diaryl/α,β-unsaturated/α-hetero) is 1. The van der Waals surface area contributed by atoms with Gasteiger partial charge in [-0.3, -0.25) is 9.78 Å². The van der Waals surface area contributed by atoms with Gasteiger partial charge in [-0.1, -0.05) is 50.2 Å². The van der Waals surface area contributed by atoms with Gasteiger partial charge in [0.1, 0.15) is 0 Å². The maximum atomic E-state index is 13.0. The zero-order valence-corrected chi connectivity index (χ0v) is 15.8. The van der Waals surface area contributed by atoms with Crippen molar-refractivity contribution in [1.82, 2.24) is 4.98 Å². The van der Waals surface area contributed by atoms with Gasteiger partial charge < -0.3 is 5.32 Å². The predicted octanol–water partition coefficient (Wildman–Crippen LogP) is 5.75. The number of rotatable bonds is 2. The fraction of sp³-hybridized carbons (Fsp3) is 0.304. The van der Waals surface area contributed by atoms with E-state index < -0.39 is 0 Å². The Labute approximate surface area is 154 Å². The number of anilines is 2. The van der Waals surface area contributed by atoms with Crippen LogP contribution in [-0.2, 0) is 6.42 Å². The Morgan fingerprint density at radius 2 is 1.62 bits per heavy atom. The van der Waals surface area contributed by atoms with Gasteiger partial charge in [0.2, 0.25) is 0 Å². The summed E-state index contributed by atoms with van der Waals surface area (Å²) in [5.41, 5.74) is 6.89. The maximum absolute atomic E-state index is 13.0. The van der Waals surface area contributed by atoms with Crippen molar-refractivity contribution in [3.05, 3.63) is 64.8 Å². The summed E-state index contributed by atoms with van der Waals surface area (Å²) >= 11 is 0. The lowest BCUT2D eigenvalue weighted by molar-refractivity contribution is 0.0911. The Kier molecular flexibility index (Phi) is 3.83. The first-order valence-electron chi connectivity index (χ1n) is 9.14. The van der Waals surface area contributed by atoms with Gasteiger partial charge in [-0.2, -0.15) is 0 Å². The van der Waals surface area contributed by atoms with Crippen LogP contribution in [0.15, 0.2) is 42.5 Å². The molecule has 0 aliphatic heterocycles. The third-order valence-electron chi connectivity index (χ3n) is 5.26. The summed E-state index contributed by atoms with van der Waals surface area (Å²) in [6.45, 7) is 8.47. The smallest absolute Gasteiger partial charge is 0.167 e. The molecule has 3 aromatic rings. The molecule has 3 heteroatoms. The quantitative estimate of drug-likeness (QED) is 0.643. The Morgan fingerprint density at radius 3 is 2.35 bits per heavy atom. The molecular weight excluding hydrogens is 320 g/mol. The Bertz CT molecular complexity index is 1010. The second-order valence-corrected chi connectivity index (χ2v) is 8.16. The number of ketones is 1. The van der Waals surface area contributed by atoms with E-state index in [-0.39, 0.29) is 11.2 Å². The van der Waals surface area contributed by atoms with E-state index in [0.29, 0.717) is 6.42 Å². The van der Waals surface area contributed by atoms with Crippen molar-refractivity contribution in [2.75, 3.05) is 5.32 Å². The molecular formula is C23H24N2O. The average molecular weight is 344 g/mol. The molecule has 1 N–H and O–H groups in total. The van der Waals surface area contributed by atoms with E-state index in [1.54, 1.807) is 0 Å². The maximum Gasteiger partial charge on any atom is 0.167 e. The second kappa shape index (κ2) is 5.94. The van der Waals surface area contributed by atoms with Crippen molar-refractivity contribution in [2.24, 2.45) is 5.41 Å². The van der Waals surface area contributed by atoms with Gasteiger partial charge in [0.15, 0.2) is 5.78 Å². The van der Waals surface area contributed by atoms with Crippen LogP contribution in [0.4, 0.5) is 11.4 Å². The van der Waals surface area contributed by atoms with Gasteiger partial charge in [0, 0.05) is 17.5 Å². The summed E-state index contributed by atoms with van der Waals surface area (Å²) in [6, 6.07) is 14.3. The number of nitrogens with one attached hydrogen (secondary N) is 1. The van der Waals surface area contributed by atoms with Crippen LogP contribution >= 0.6 is 0 Å². The topological polar surface area (TPSA) is 42.0 Å². The van der Waals surface area contributed by atoms with Gasteiger partial charge in [0.25, 0.3) is 0 Å².